The van der Waals surface area contributed by atoms with Gasteiger partial charge in [-0.3, -0.25) is 0 Å². The van der Waals surface area contributed by atoms with E-state index in [-0.39, 0.29) is 0 Å². The summed E-state index contributed by atoms with van der Waals surface area (Å²) in [5.74, 6) is 0. The van der Waals surface area contributed by atoms with Crippen molar-refractivity contribution >= 4 is 0 Å². The van der Waals surface area contributed by atoms with E-state index in [2.05, 4.69) is 6.07 Å². The molecule has 0 aromatic carbocycles. The Morgan fingerprint density at radius 1 is 1.40 bits per heavy atom. The summed E-state index contributed by atoms with van der Waals surface area (Å²) in [6.07, 6.45) is 3.24. The fourth-order valence-corrected chi connectivity index (χ4v) is 0.762. The third kappa shape index (κ3) is 7.45. The van der Waals surface area contributed by atoms with Crippen molar-refractivity contribution in [2.75, 3.05) is 0 Å². The van der Waals surface area contributed by atoms with Crippen LogP contribution in [0.5, 0.6) is 0 Å². The molecular weight excluding hydrogens is 126 g/mol. The first-order valence-electron chi connectivity index (χ1n) is 3.65. The SMILES string of the molecule is CC(C)(O)CCCCC#N. The van der Waals surface area contributed by atoms with Crippen molar-refractivity contribution in [2.45, 2.75) is 45.1 Å². The van der Waals surface area contributed by atoms with Crippen molar-refractivity contribution < 1.29 is 5.11 Å². The van der Waals surface area contributed by atoms with Gasteiger partial charge in [0, 0.05) is 6.42 Å². The zero-order chi connectivity index (χ0) is 8.04. The molecule has 0 aliphatic heterocycles. The molecule has 0 atom stereocenters. The number of rotatable bonds is 4. The van der Waals surface area contributed by atoms with Gasteiger partial charge in [-0.15, -0.1) is 0 Å². The fraction of sp³-hybridized carbons (Fsp3) is 0.875. The zero-order valence-electron chi connectivity index (χ0n) is 6.72. The summed E-state index contributed by atoms with van der Waals surface area (Å²) < 4.78 is 0. The van der Waals surface area contributed by atoms with Crippen LogP contribution in [0.15, 0.2) is 0 Å². The van der Waals surface area contributed by atoms with E-state index in [4.69, 9.17) is 5.26 Å². The van der Waals surface area contributed by atoms with Crippen molar-refractivity contribution in [3.05, 3.63) is 0 Å². The number of nitriles is 1. The Bertz CT molecular complexity index is 118. The Kier molecular flexibility index (Phi) is 4.06. The molecule has 0 saturated carbocycles. The molecule has 1 N–H and O–H groups in total. The molecule has 0 aliphatic carbocycles. The number of nitrogens with zero attached hydrogens (tertiary/aromatic N) is 1. The van der Waals surface area contributed by atoms with Gasteiger partial charge in [0.2, 0.25) is 0 Å². The largest absolute Gasteiger partial charge is 0.390 e. The molecule has 0 amide bonds. The van der Waals surface area contributed by atoms with Crippen LogP contribution in [0.4, 0.5) is 0 Å². The summed E-state index contributed by atoms with van der Waals surface area (Å²) in [7, 11) is 0. The third-order valence-corrected chi connectivity index (χ3v) is 1.33. The monoisotopic (exact) mass is 141 g/mol. The number of aliphatic hydroxyl groups is 1. The summed E-state index contributed by atoms with van der Waals surface area (Å²) in [5, 5.41) is 17.4. The van der Waals surface area contributed by atoms with E-state index in [1.165, 1.54) is 0 Å². The van der Waals surface area contributed by atoms with Gasteiger partial charge in [-0.1, -0.05) is 0 Å². The predicted molar refractivity (Wildman–Crippen MR) is 40.4 cm³/mol. The van der Waals surface area contributed by atoms with E-state index >= 15 is 0 Å². The molecule has 0 fully saturated rings. The molecular formula is C8H15NO. The molecule has 0 unspecified atom stereocenters. The maximum atomic E-state index is 9.23. The lowest BCUT2D eigenvalue weighted by molar-refractivity contribution is 0.0683. The molecule has 0 rings (SSSR count). The van der Waals surface area contributed by atoms with E-state index in [0.29, 0.717) is 6.42 Å². The summed E-state index contributed by atoms with van der Waals surface area (Å²) in [4.78, 5) is 0. The van der Waals surface area contributed by atoms with E-state index in [0.717, 1.165) is 19.3 Å². The third-order valence-electron chi connectivity index (χ3n) is 1.33. The second-order valence-electron chi connectivity index (χ2n) is 3.18. The Hall–Kier alpha value is -0.550. The molecule has 2 heteroatoms. The molecule has 0 spiro atoms. The van der Waals surface area contributed by atoms with E-state index in [1.807, 2.05) is 0 Å². The number of hydrogen-bond acceptors (Lipinski definition) is 2. The van der Waals surface area contributed by atoms with E-state index in [1.54, 1.807) is 13.8 Å². The van der Waals surface area contributed by atoms with Gasteiger partial charge in [0.1, 0.15) is 0 Å². The topological polar surface area (TPSA) is 44.0 Å². The highest BCUT2D eigenvalue weighted by Gasteiger charge is 2.10. The Morgan fingerprint density at radius 2 is 2.00 bits per heavy atom. The molecule has 0 heterocycles. The van der Waals surface area contributed by atoms with Gasteiger partial charge in [0.25, 0.3) is 0 Å². The van der Waals surface area contributed by atoms with Gasteiger partial charge in [-0.2, -0.15) is 5.26 Å². The Balaban J connectivity index is 3.14. The second-order valence-corrected chi connectivity index (χ2v) is 3.18. The summed E-state index contributed by atoms with van der Waals surface area (Å²) >= 11 is 0. The lowest BCUT2D eigenvalue weighted by Crippen LogP contribution is -2.17. The second kappa shape index (κ2) is 4.29. The lowest BCUT2D eigenvalue weighted by Gasteiger charge is -2.15. The van der Waals surface area contributed by atoms with Crippen LogP contribution in [0.25, 0.3) is 0 Å². The van der Waals surface area contributed by atoms with Crippen molar-refractivity contribution in [1.82, 2.24) is 0 Å². The van der Waals surface area contributed by atoms with Gasteiger partial charge in [-0.25, -0.2) is 0 Å². The molecule has 2 nitrogen and oxygen atoms in total. The smallest absolute Gasteiger partial charge is 0.0621 e. The van der Waals surface area contributed by atoms with Crippen LogP contribution in [0.2, 0.25) is 0 Å². The minimum Gasteiger partial charge on any atom is -0.390 e. The van der Waals surface area contributed by atoms with Gasteiger partial charge in [-0.05, 0) is 33.1 Å². The molecule has 0 bridgehead atoms. The van der Waals surface area contributed by atoms with Gasteiger partial charge >= 0.3 is 0 Å². The molecule has 0 aliphatic rings. The van der Waals surface area contributed by atoms with Crippen LogP contribution in [0.3, 0.4) is 0 Å². The number of unbranched alkanes of at least 4 members (excludes halogenated alkanes) is 2. The Labute approximate surface area is 62.5 Å². The highest BCUT2D eigenvalue weighted by molar-refractivity contribution is 4.70. The van der Waals surface area contributed by atoms with Crippen molar-refractivity contribution in [3.8, 4) is 6.07 Å². The normalized spacial score (nSPS) is 11.0. The first-order chi connectivity index (χ1) is 4.56. The molecule has 10 heavy (non-hydrogen) atoms. The summed E-state index contributed by atoms with van der Waals surface area (Å²) in [5.41, 5.74) is -0.560. The van der Waals surface area contributed by atoms with Crippen molar-refractivity contribution in [3.63, 3.8) is 0 Å². The van der Waals surface area contributed by atoms with Crippen LogP contribution in [-0.2, 0) is 0 Å². The van der Waals surface area contributed by atoms with E-state index < -0.39 is 5.60 Å². The predicted octanol–water partition coefficient (Wildman–Crippen LogP) is 1.84. The van der Waals surface area contributed by atoms with Gasteiger partial charge in [0.15, 0.2) is 0 Å². The maximum Gasteiger partial charge on any atom is 0.0621 e. The standard InChI is InChI=1S/C8H15NO/c1-8(2,10)6-4-3-5-7-9/h10H,3-6H2,1-2H3. The first-order valence-corrected chi connectivity index (χ1v) is 3.65. The minimum absolute atomic E-state index is 0.560. The van der Waals surface area contributed by atoms with Crippen LogP contribution in [0.1, 0.15) is 39.5 Å². The lowest BCUT2D eigenvalue weighted by atomic mass is 10.0. The molecule has 0 aromatic heterocycles. The highest BCUT2D eigenvalue weighted by atomic mass is 16.3. The average Bonchev–Trinajstić information content (AvgIpc) is 1.78. The van der Waals surface area contributed by atoms with Crippen LogP contribution in [-0.4, -0.2) is 10.7 Å². The maximum absolute atomic E-state index is 9.23. The van der Waals surface area contributed by atoms with Crippen LogP contribution in [0, 0.1) is 11.3 Å². The molecule has 0 saturated heterocycles. The minimum atomic E-state index is -0.560. The van der Waals surface area contributed by atoms with Gasteiger partial charge in [0.05, 0.1) is 11.7 Å². The van der Waals surface area contributed by atoms with Crippen LogP contribution < -0.4 is 0 Å². The summed E-state index contributed by atoms with van der Waals surface area (Å²) in [6.45, 7) is 3.58. The molecule has 0 radical (unpaired) electrons. The highest BCUT2D eigenvalue weighted by Crippen LogP contribution is 2.12. The Morgan fingerprint density at radius 3 is 2.40 bits per heavy atom. The van der Waals surface area contributed by atoms with Crippen molar-refractivity contribution in [2.24, 2.45) is 0 Å². The van der Waals surface area contributed by atoms with E-state index in [9.17, 15) is 5.11 Å². The number of hydrogen-bond donors (Lipinski definition) is 1. The van der Waals surface area contributed by atoms with Crippen molar-refractivity contribution in [1.29, 1.82) is 5.26 Å². The average molecular weight is 141 g/mol. The molecule has 58 valence electrons. The quantitative estimate of drug-likeness (QED) is 0.607. The van der Waals surface area contributed by atoms with Gasteiger partial charge < -0.3 is 5.11 Å². The summed E-state index contributed by atoms with van der Waals surface area (Å²) in [6, 6.07) is 2.07. The zero-order valence-corrected chi connectivity index (χ0v) is 6.72. The fourth-order valence-electron chi connectivity index (χ4n) is 0.762. The molecule has 0 aromatic rings. The first kappa shape index (κ1) is 9.45. The van der Waals surface area contributed by atoms with Crippen LogP contribution >= 0.6 is 0 Å².